The Morgan fingerprint density at radius 2 is 1.62 bits per heavy atom. The number of hydrogen-bond donors (Lipinski definition) is 1. The van der Waals surface area contributed by atoms with Crippen molar-refractivity contribution >= 4 is 34.2 Å². The van der Waals surface area contributed by atoms with E-state index in [2.05, 4.69) is 15.5 Å². The Balaban J connectivity index is 1.29. The van der Waals surface area contributed by atoms with E-state index in [4.69, 9.17) is 4.74 Å². The Morgan fingerprint density at radius 3 is 2.31 bits per heavy atom. The number of amides is 3. The van der Waals surface area contributed by atoms with Gasteiger partial charge < -0.3 is 4.74 Å². The van der Waals surface area contributed by atoms with Crippen molar-refractivity contribution in [2.24, 2.45) is 0 Å². The molecule has 2 heterocycles. The van der Waals surface area contributed by atoms with Gasteiger partial charge in [0.25, 0.3) is 17.7 Å². The number of nitrogens with zero attached hydrogens (tertiary/aromatic N) is 3. The molecule has 0 unspecified atom stereocenters. The summed E-state index contributed by atoms with van der Waals surface area (Å²) in [6.45, 7) is 0.0556. The summed E-state index contributed by atoms with van der Waals surface area (Å²) in [5, 5.41) is 11.5. The van der Waals surface area contributed by atoms with Crippen molar-refractivity contribution in [2.45, 2.75) is 6.42 Å². The molecule has 0 atom stereocenters. The van der Waals surface area contributed by atoms with Gasteiger partial charge in [0.05, 0.1) is 11.1 Å². The van der Waals surface area contributed by atoms with Crippen molar-refractivity contribution in [3.8, 4) is 5.75 Å². The number of nitrogens with one attached hydrogen (secondary N) is 1. The number of rotatable bonds is 7. The fourth-order valence-corrected chi connectivity index (χ4v) is 3.62. The first-order valence-corrected chi connectivity index (χ1v) is 9.69. The molecule has 1 aliphatic heterocycles. The number of imide groups is 1. The number of para-hydroxylation sites is 1. The van der Waals surface area contributed by atoms with Crippen molar-refractivity contribution < 1.29 is 19.1 Å². The van der Waals surface area contributed by atoms with E-state index in [1.807, 2.05) is 18.2 Å². The highest BCUT2D eigenvalue weighted by Gasteiger charge is 2.34. The SMILES string of the molecule is O=C(COc1ccccc1)Nc1nnc(CCN2C(=O)c3ccccc3C2=O)s1. The maximum Gasteiger partial charge on any atom is 0.264 e. The maximum atomic E-state index is 12.4. The first kappa shape index (κ1) is 18.8. The van der Waals surface area contributed by atoms with E-state index in [9.17, 15) is 14.4 Å². The molecule has 146 valence electrons. The zero-order valence-corrected chi connectivity index (χ0v) is 16.0. The van der Waals surface area contributed by atoms with Crippen LogP contribution < -0.4 is 10.1 Å². The fraction of sp³-hybridized carbons (Fsp3) is 0.150. The third kappa shape index (κ3) is 4.14. The number of benzene rings is 2. The highest BCUT2D eigenvalue weighted by Crippen LogP contribution is 2.23. The Hall–Kier alpha value is -3.59. The molecule has 1 N–H and O–H groups in total. The van der Waals surface area contributed by atoms with Crippen LogP contribution >= 0.6 is 11.3 Å². The number of carbonyl (C=O) groups excluding carboxylic acids is 3. The van der Waals surface area contributed by atoms with Crippen LogP contribution in [0.3, 0.4) is 0 Å². The normalized spacial score (nSPS) is 12.8. The van der Waals surface area contributed by atoms with Crippen molar-refractivity contribution in [3.63, 3.8) is 0 Å². The van der Waals surface area contributed by atoms with E-state index in [1.165, 1.54) is 16.2 Å². The van der Waals surface area contributed by atoms with Gasteiger partial charge in [0, 0.05) is 13.0 Å². The molecule has 3 aromatic rings. The third-order valence-corrected chi connectivity index (χ3v) is 5.15. The predicted octanol–water partition coefficient (Wildman–Crippen LogP) is 2.39. The highest BCUT2D eigenvalue weighted by molar-refractivity contribution is 7.15. The van der Waals surface area contributed by atoms with Gasteiger partial charge in [-0.1, -0.05) is 41.7 Å². The predicted molar refractivity (Wildman–Crippen MR) is 106 cm³/mol. The van der Waals surface area contributed by atoms with Gasteiger partial charge in [-0.3, -0.25) is 24.6 Å². The Morgan fingerprint density at radius 1 is 0.966 bits per heavy atom. The summed E-state index contributed by atoms with van der Waals surface area (Å²) in [6, 6.07) is 15.8. The number of anilines is 1. The van der Waals surface area contributed by atoms with Crippen LogP contribution in [0, 0.1) is 0 Å². The molecule has 0 saturated heterocycles. The molecule has 0 fully saturated rings. The molecule has 4 rings (SSSR count). The van der Waals surface area contributed by atoms with E-state index >= 15 is 0 Å². The lowest BCUT2D eigenvalue weighted by molar-refractivity contribution is -0.118. The Bertz CT molecular complexity index is 1030. The Labute approximate surface area is 170 Å². The maximum absolute atomic E-state index is 12.4. The summed E-state index contributed by atoms with van der Waals surface area (Å²) in [5.74, 6) is -0.359. The lowest BCUT2D eigenvalue weighted by Crippen LogP contribution is -2.31. The minimum atomic E-state index is -0.350. The summed E-state index contributed by atoms with van der Waals surface area (Å²) in [7, 11) is 0. The van der Waals surface area contributed by atoms with Gasteiger partial charge in [-0.05, 0) is 24.3 Å². The standard InChI is InChI=1S/C20H16N4O4S/c25-16(12-28-13-6-2-1-3-7-13)21-20-23-22-17(29-20)10-11-24-18(26)14-8-4-5-9-15(14)19(24)27/h1-9H,10-12H2,(H,21,23,25). The topological polar surface area (TPSA) is 101 Å². The number of hydrogen-bond acceptors (Lipinski definition) is 7. The lowest BCUT2D eigenvalue weighted by Gasteiger charge is -2.12. The second kappa shape index (κ2) is 8.19. The van der Waals surface area contributed by atoms with E-state index in [0.717, 1.165) is 0 Å². The van der Waals surface area contributed by atoms with Gasteiger partial charge in [-0.15, -0.1) is 10.2 Å². The van der Waals surface area contributed by atoms with Crippen LogP contribution in [0.5, 0.6) is 5.75 Å². The van der Waals surface area contributed by atoms with Crippen LogP contribution in [0.25, 0.3) is 0 Å². The molecular weight excluding hydrogens is 392 g/mol. The average molecular weight is 408 g/mol. The highest BCUT2D eigenvalue weighted by atomic mass is 32.1. The molecule has 2 aromatic carbocycles. The van der Waals surface area contributed by atoms with Crippen LogP contribution in [-0.2, 0) is 11.2 Å². The van der Waals surface area contributed by atoms with E-state index in [1.54, 1.807) is 36.4 Å². The molecule has 0 spiro atoms. The summed E-state index contributed by atoms with van der Waals surface area (Å²) in [6.07, 6.45) is 0.361. The van der Waals surface area contributed by atoms with Crippen LogP contribution in [0.2, 0.25) is 0 Å². The van der Waals surface area contributed by atoms with Crippen molar-refractivity contribution in [2.75, 3.05) is 18.5 Å². The lowest BCUT2D eigenvalue weighted by atomic mass is 10.1. The van der Waals surface area contributed by atoms with Crippen LogP contribution in [0.4, 0.5) is 5.13 Å². The molecule has 1 aromatic heterocycles. The van der Waals surface area contributed by atoms with Gasteiger partial charge in [-0.25, -0.2) is 0 Å². The Kier molecular flexibility index (Phi) is 5.30. The molecule has 8 nitrogen and oxygen atoms in total. The van der Waals surface area contributed by atoms with E-state index in [-0.39, 0.29) is 30.9 Å². The number of carbonyl (C=O) groups is 3. The molecule has 3 amide bonds. The van der Waals surface area contributed by atoms with Gasteiger partial charge >= 0.3 is 0 Å². The first-order chi connectivity index (χ1) is 14.1. The first-order valence-electron chi connectivity index (χ1n) is 8.87. The van der Waals surface area contributed by atoms with E-state index < -0.39 is 0 Å². The number of aromatic nitrogens is 2. The summed E-state index contributed by atoms with van der Waals surface area (Å²) >= 11 is 1.19. The minimum Gasteiger partial charge on any atom is -0.484 e. The molecule has 1 aliphatic rings. The largest absolute Gasteiger partial charge is 0.484 e. The smallest absolute Gasteiger partial charge is 0.264 e. The van der Waals surface area contributed by atoms with E-state index in [0.29, 0.717) is 33.4 Å². The van der Waals surface area contributed by atoms with Crippen molar-refractivity contribution in [3.05, 3.63) is 70.7 Å². The molecule has 9 heteroatoms. The average Bonchev–Trinajstić information content (AvgIpc) is 3.29. The van der Waals surface area contributed by atoms with Gasteiger partial charge in [0.15, 0.2) is 6.61 Å². The van der Waals surface area contributed by atoms with Crippen molar-refractivity contribution in [1.82, 2.24) is 15.1 Å². The third-order valence-electron chi connectivity index (χ3n) is 4.25. The fourth-order valence-electron chi connectivity index (χ4n) is 2.88. The minimum absolute atomic E-state index is 0.145. The second-order valence-corrected chi connectivity index (χ2v) is 7.27. The van der Waals surface area contributed by atoms with Crippen LogP contribution in [-0.4, -0.2) is 46.0 Å². The zero-order valence-electron chi connectivity index (χ0n) is 15.2. The quantitative estimate of drug-likeness (QED) is 0.603. The molecule has 0 bridgehead atoms. The molecule has 29 heavy (non-hydrogen) atoms. The van der Waals surface area contributed by atoms with Gasteiger partial charge in [-0.2, -0.15) is 0 Å². The van der Waals surface area contributed by atoms with Gasteiger partial charge in [0.1, 0.15) is 10.8 Å². The molecule has 0 saturated carbocycles. The summed E-state index contributed by atoms with van der Waals surface area (Å²) in [4.78, 5) is 37.9. The zero-order chi connectivity index (χ0) is 20.2. The number of ether oxygens (including phenoxy) is 1. The van der Waals surface area contributed by atoms with Crippen LogP contribution in [0.1, 0.15) is 25.7 Å². The second-order valence-electron chi connectivity index (χ2n) is 6.21. The van der Waals surface area contributed by atoms with Gasteiger partial charge in [0.2, 0.25) is 5.13 Å². The number of fused-ring (bicyclic) bond motifs is 1. The molecule has 0 radical (unpaired) electrons. The molecule has 0 aliphatic carbocycles. The molecular formula is C20H16N4O4S. The van der Waals surface area contributed by atoms with Crippen molar-refractivity contribution in [1.29, 1.82) is 0 Å². The summed E-state index contributed by atoms with van der Waals surface area (Å²) in [5.41, 5.74) is 0.835. The van der Waals surface area contributed by atoms with Crippen LogP contribution in [0.15, 0.2) is 54.6 Å². The summed E-state index contributed by atoms with van der Waals surface area (Å²) < 4.78 is 5.38. The monoisotopic (exact) mass is 408 g/mol.